The second-order valence-electron chi connectivity index (χ2n) is 5.97. The molecule has 1 N–H and O–H groups in total. The molecular weight excluding hydrogens is 406 g/mol. The molecule has 0 aliphatic rings. The van der Waals surface area contributed by atoms with Crippen molar-refractivity contribution >= 4 is 27.5 Å². The van der Waals surface area contributed by atoms with Crippen LogP contribution in [0, 0.1) is 0 Å². The summed E-state index contributed by atoms with van der Waals surface area (Å²) in [6.07, 6.45) is 4.08. The van der Waals surface area contributed by atoms with Gasteiger partial charge in [-0.1, -0.05) is 11.6 Å². The summed E-state index contributed by atoms with van der Waals surface area (Å²) in [5.74, 6) is 0.481. The lowest BCUT2D eigenvalue weighted by Crippen LogP contribution is -2.41. The van der Waals surface area contributed by atoms with E-state index in [0.29, 0.717) is 11.5 Å². The van der Waals surface area contributed by atoms with Gasteiger partial charge < -0.3 is 14.2 Å². The van der Waals surface area contributed by atoms with Crippen molar-refractivity contribution in [3.05, 3.63) is 71.8 Å². The Bertz CT molecular complexity index is 1000. The molecule has 3 aromatic rings. The minimum absolute atomic E-state index is 0.0738. The van der Waals surface area contributed by atoms with Crippen LogP contribution in [0.15, 0.2) is 68.9 Å². The Morgan fingerprint density at radius 1 is 1.21 bits per heavy atom. The zero-order valence-electron chi connectivity index (χ0n) is 14.9. The highest BCUT2D eigenvalue weighted by Crippen LogP contribution is 2.20. The van der Waals surface area contributed by atoms with Crippen LogP contribution in [0.4, 0.5) is 0 Å². The number of nitrogens with one attached hydrogen (secondary N) is 1. The van der Waals surface area contributed by atoms with Crippen LogP contribution in [0.25, 0.3) is 0 Å². The fourth-order valence-corrected chi connectivity index (χ4v) is 3.94. The Balaban J connectivity index is 1.80. The van der Waals surface area contributed by atoms with Crippen LogP contribution in [0.1, 0.15) is 24.5 Å². The molecule has 148 valence electrons. The molecular formula is C18H18ClN3O5S. The van der Waals surface area contributed by atoms with E-state index >= 15 is 0 Å². The highest BCUT2D eigenvalue weighted by molar-refractivity contribution is 7.89. The molecule has 3 heterocycles. The number of carbonyl (C=O) groups is 1. The molecule has 0 fully saturated rings. The molecule has 8 nitrogen and oxygen atoms in total. The molecule has 0 aliphatic carbocycles. The molecule has 0 spiro atoms. The van der Waals surface area contributed by atoms with E-state index in [9.17, 15) is 13.2 Å². The molecule has 1 unspecified atom stereocenters. The van der Waals surface area contributed by atoms with Gasteiger partial charge >= 0.3 is 0 Å². The molecule has 1 amide bonds. The first kappa shape index (κ1) is 20.1. The predicted molar refractivity (Wildman–Crippen MR) is 101 cm³/mol. The highest BCUT2D eigenvalue weighted by atomic mass is 35.5. The van der Waals surface area contributed by atoms with E-state index in [1.54, 1.807) is 31.2 Å². The van der Waals surface area contributed by atoms with Crippen molar-refractivity contribution in [1.29, 1.82) is 0 Å². The first-order chi connectivity index (χ1) is 13.4. The lowest BCUT2D eigenvalue weighted by Gasteiger charge is -2.21. The normalized spacial score (nSPS) is 12.8. The Hall–Kier alpha value is -2.62. The molecule has 28 heavy (non-hydrogen) atoms. The van der Waals surface area contributed by atoms with E-state index < -0.39 is 28.5 Å². The average molecular weight is 424 g/mol. The third-order valence-corrected chi connectivity index (χ3v) is 5.92. The van der Waals surface area contributed by atoms with Crippen LogP contribution >= 0.6 is 11.6 Å². The minimum atomic E-state index is -4.01. The monoisotopic (exact) mass is 423 g/mol. The Labute approximate surface area is 167 Å². The van der Waals surface area contributed by atoms with Crippen LogP contribution in [-0.2, 0) is 21.4 Å². The van der Waals surface area contributed by atoms with Gasteiger partial charge in [0.1, 0.15) is 21.6 Å². The number of amides is 1. The van der Waals surface area contributed by atoms with Crippen LogP contribution in [0.2, 0.25) is 5.15 Å². The number of halogens is 1. The topological polar surface area (TPSA) is 106 Å². The van der Waals surface area contributed by atoms with Gasteiger partial charge in [-0.15, -0.1) is 0 Å². The maximum absolute atomic E-state index is 13.0. The summed E-state index contributed by atoms with van der Waals surface area (Å²) in [6.45, 7) is 1.22. The van der Waals surface area contributed by atoms with Crippen molar-refractivity contribution in [2.75, 3.05) is 6.54 Å². The van der Waals surface area contributed by atoms with E-state index in [1.165, 1.54) is 24.7 Å². The SMILES string of the molecule is CC(NC(=O)CN(Cc1ccco1)S(=O)(=O)c1ccc(Cl)nc1)c1ccco1. The van der Waals surface area contributed by atoms with Gasteiger partial charge in [0.15, 0.2) is 0 Å². The van der Waals surface area contributed by atoms with Gasteiger partial charge in [-0.2, -0.15) is 4.31 Å². The summed E-state index contributed by atoms with van der Waals surface area (Å²) in [5.41, 5.74) is 0. The standard InChI is InChI=1S/C18H18ClN3O5S/c1-13(16-5-3-9-27-16)21-18(23)12-22(11-14-4-2-8-26-14)28(24,25)15-6-7-17(19)20-10-15/h2-10,13H,11-12H2,1H3,(H,21,23). The number of furan rings is 2. The van der Waals surface area contributed by atoms with Crippen LogP contribution in [-0.4, -0.2) is 30.2 Å². The fraction of sp³-hybridized carbons (Fsp3) is 0.222. The van der Waals surface area contributed by atoms with E-state index in [2.05, 4.69) is 10.3 Å². The fourth-order valence-electron chi connectivity index (χ4n) is 2.52. The lowest BCUT2D eigenvalue weighted by atomic mass is 10.2. The number of hydrogen-bond acceptors (Lipinski definition) is 6. The third kappa shape index (κ3) is 4.80. The molecule has 0 aromatic carbocycles. The van der Waals surface area contributed by atoms with Gasteiger partial charge in [0.25, 0.3) is 0 Å². The Kier molecular flexibility index (Phi) is 6.18. The van der Waals surface area contributed by atoms with E-state index in [4.69, 9.17) is 20.4 Å². The molecule has 0 aliphatic heterocycles. The van der Waals surface area contributed by atoms with Gasteiger partial charge in [-0.25, -0.2) is 13.4 Å². The van der Waals surface area contributed by atoms with Gasteiger partial charge in [0, 0.05) is 6.20 Å². The summed E-state index contributed by atoms with van der Waals surface area (Å²) >= 11 is 5.74. The second kappa shape index (κ2) is 8.59. The van der Waals surface area contributed by atoms with Crippen LogP contribution in [0.5, 0.6) is 0 Å². The molecule has 3 rings (SSSR count). The largest absolute Gasteiger partial charge is 0.468 e. The summed E-state index contributed by atoms with van der Waals surface area (Å²) < 4.78 is 37.6. The summed E-state index contributed by atoms with van der Waals surface area (Å²) in [6, 6.07) is 9.00. The van der Waals surface area contributed by atoms with Crippen molar-refractivity contribution in [1.82, 2.24) is 14.6 Å². The van der Waals surface area contributed by atoms with Gasteiger partial charge in [-0.05, 0) is 43.3 Å². The number of carbonyl (C=O) groups excluding carboxylic acids is 1. The smallest absolute Gasteiger partial charge is 0.245 e. The second-order valence-corrected chi connectivity index (χ2v) is 8.30. The first-order valence-corrected chi connectivity index (χ1v) is 10.1. The summed E-state index contributed by atoms with van der Waals surface area (Å²) in [4.78, 5) is 16.2. The number of aromatic nitrogens is 1. The molecule has 0 saturated heterocycles. The molecule has 3 aromatic heterocycles. The predicted octanol–water partition coefficient (Wildman–Crippen LogP) is 2.99. The zero-order chi connectivity index (χ0) is 20.1. The van der Waals surface area contributed by atoms with Crippen molar-refractivity contribution in [2.24, 2.45) is 0 Å². The average Bonchev–Trinajstić information content (AvgIpc) is 3.35. The number of sulfonamides is 1. The molecule has 0 saturated carbocycles. The van der Waals surface area contributed by atoms with Crippen LogP contribution in [0.3, 0.4) is 0 Å². The molecule has 0 radical (unpaired) electrons. The van der Waals surface area contributed by atoms with E-state index in [1.807, 2.05) is 0 Å². The summed E-state index contributed by atoms with van der Waals surface area (Å²) in [7, 11) is -4.01. The number of pyridine rings is 1. The maximum atomic E-state index is 13.0. The van der Waals surface area contributed by atoms with Crippen LogP contribution < -0.4 is 5.32 Å². The van der Waals surface area contributed by atoms with Crippen molar-refractivity contribution in [3.63, 3.8) is 0 Å². The Morgan fingerprint density at radius 2 is 1.96 bits per heavy atom. The molecule has 0 bridgehead atoms. The highest BCUT2D eigenvalue weighted by Gasteiger charge is 2.28. The number of rotatable bonds is 8. The first-order valence-electron chi connectivity index (χ1n) is 8.33. The van der Waals surface area contributed by atoms with Crippen molar-refractivity contribution in [3.8, 4) is 0 Å². The third-order valence-electron chi connectivity index (χ3n) is 3.92. The van der Waals surface area contributed by atoms with Crippen molar-refractivity contribution < 1.29 is 22.0 Å². The zero-order valence-corrected chi connectivity index (χ0v) is 16.5. The Morgan fingerprint density at radius 3 is 2.57 bits per heavy atom. The van der Waals surface area contributed by atoms with Crippen molar-refractivity contribution in [2.45, 2.75) is 24.4 Å². The van der Waals surface area contributed by atoms with Gasteiger partial charge in [-0.3, -0.25) is 4.79 Å². The quantitative estimate of drug-likeness (QED) is 0.558. The number of nitrogens with zero attached hydrogens (tertiary/aromatic N) is 2. The lowest BCUT2D eigenvalue weighted by molar-refractivity contribution is -0.122. The maximum Gasteiger partial charge on any atom is 0.245 e. The molecule has 10 heteroatoms. The van der Waals surface area contributed by atoms with E-state index in [0.717, 1.165) is 10.5 Å². The van der Waals surface area contributed by atoms with E-state index in [-0.39, 0.29) is 16.6 Å². The van der Waals surface area contributed by atoms with Gasteiger partial charge in [0.05, 0.1) is 31.7 Å². The van der Waals surface area contributed by atoms with Gasteiger partial charge in [0.2, 0.25) is 15.9 Å². The summed E-state index contributed by atoms with van der Waals surface area (Å²) in [5, 5.41) is 2.89. The minimum Gasteiger partial charge on any atom is -0.468 e. The molecule has 1 atom stereocenters. The number of hydrogen-bond donors (Lipinski definition) is 1.